The van der Waals surface area contributed by atoms with E-state index in [0.29, 0.717) is 17.1 Å². The molecule has 0 fully saturated rings. The number of ether oxygens (including phenoxy) is 3. The van der Waals surface area contributed by atoms with E-state index in [9.17, 15) is 14.7 Å². The maximum atomic E-state index is 12.1. The molecule has 0 aliphatic rings. The summed E-state index contributed by atoms with van der Waals surface area (Å²) in [5.74, 6) is -0.517. The molecule has 7 heteroatoms. The number of carbonyl (C=O) groups is 2. The van der Waals surface area contributed by atoms with Crippen molar-refractivity contribution < 1.29 is 28.9 Å². The molecule has 1 unspecified atom stereocenters. The average molecular weight is 311 g/mol. The predicted molar refractivity (Wildman–Crippen MR) is 79.3 cm³/mol. The molecule has 1 aromatic carbocycles. The van der Waals surface area contributed by atoms with Crippen LogP contribution < -0.4 is 14.8 Å². The zero-order chi connectivity index (χ0) is 16.8. The van der Waals surface area contributed by atoms with Crippen molar-refractivity contribution in [1.29, 1.82) is 0 Å². The second-order valence-corrected chi connectivity index (χ2v) is 4.98. The lowest BCUT2D eigenvalue weighted by Gasteiger charge is -2.25. The van der Waals surface area contributed by atoms with Crippen LogP contribution in [0.4, 0.5) is 0 Å². The first-order valence-electron chi connectivity index (χ1n) is 6.60. The van der Waals surface area contributed by atoms with E-state index in [-0.39, 0.29) is 13.0 Å². The molecule has 0 saturated heterocycles. The standard InChI is InChI=1S/C15H21NO6/c1-15(9-20-2,14(18)19)16-13(17)8-10-5-6-11(21-3)12(7-10)22-4/h5-7H,8-9H2,1-4H3,(H,16,17)(H,18,19). The first-order chi connectivity index (χ1) is 10.4. The number of rotatable bonds is 8. The number of methoxy groups -OCH3 is 3. The minimum Gasteiger partial charge on any atom is -0.493 e. The molecule has 0 saturated carbocycles. The van der Waals surface area contributed by atoms with Gasteiger partial charge in [0.2, 0.25) is 5.91 Å². The summed E-state index contributed by atoms with van der Waals surface area (Å²) in [6, 6.07) is 5.08. The minimum atomic E-state index is -1.47. The monoisotopic (exact) mass is 311 g/mol. The summed E-state index contributed by atoms with van der Waals surface area (Å²) in [5, 5.41) is 11.7. The summed E-state index contributed by atoms with van der Waals surface area (Å²) in [6.45, 7) is 1.27. The van der Waals surface area contributed by atoms with Gasteiger partial charge in [0.05, 0.1) is 27.2 Å². The number of aliphatic carboxylic acids is 1. The fraction of sp³-hybridized carbons (Fsp3) is 0.467. The third-order valence-corrected chi connectivity index (χ3v) is 3.13. The molecular formula is C15H21NO6. The van der Waals surface area contributed by atoms with Crippen LogP contribution in [0.15, 0.2) is 18.2 Å². The van der Waals surface area contributed by atoms with Gasteiger partial charge >= 0.3 is 5.97 Å². The van der Waals surface area contributed by atoms with Gasteiger partial charge in [0, 0.05) is 7.11 Å². The minimum absolute atomic E-state index is 0.0208. The van der Waals surface area contributed by atoms with Crippen molar-refractivity contribution in [2.75, 3.05) is 27.9 Å². The molecule has 0 spiro atoms. The van der Waals surface area contributed by atoms with E-state index in [1.54, 1.807) is 18.2 Å². The van der Waals surface area contributed by atoms with Crippen molar-refractivity contribution in [3.8, 4) is 11.5 Å². The highest BCUT2D eigenvalue weighted by Gasteiger charge is 2.34. The van der Waals surface area contributed by atoms with Crippen molar-refractivity contribution in [2.24, 2.45) is 0 Å². The number of hydrogen-bond donors (Lipinski definition) is 2. The molecule has 122 valence electrons. The Bertz CT molecular complexity index is 545. The van der Waals surface area contributed by atoms with Gasteiger partial charge in [-0.05, 0) is 24.6 Å². The van der Waals surface area contributed by atoms with Gasteiger partial charge in [-0.1, -0.05) is 6.07 Å². The van der Waals surface area contributed by atoms with E-state index >= 15 is 0 Å². The molecule has 0 aliphatic heterocycles. The van der Waals surface area contributed by atoms with Crippen molar-refractivity contribution >= 4 is 11.9 Å². The fourth-order valence-corrected chi connectivity index (χ4v) is 1.97. The van der Waals surface area contributed by atoms with E-state index in [4.69, 9.17) is 14.2 Å². The van der Waals surface area contributed by atoms with Gasteiger partial charge in [-0.15, -0.1) is 0 Å². The number of carbonyl (C=O) groups excluding carboxylic acids is 1. The summed E-state index contributed by atoms with van der Waals surface area (Å²) in [5.41, 5.74) is -0.789. The lowest BCUT2D eigenvalue weighted by atomic mass is 10.0. The Morgan fingerprint density at radius 3 is 2.32 bits per heavy atom. The van der Waals surface area contributed by atoms with Crippen LogP contribution in [0.3, 0.4) is 0 Å². The number of carboxylic acid groups (broad SMARTS) is 1. The SMILES string of the molecule is COCC(C)(NC(=O)Cc1ccc(OC)c(OC)c1)C(=O)O. The van der Waals surface area contributed by atoms with Gasteiger partial charge in [-0.3, -0.25) is 4.79 Å². The normalized spacial score (nSPS) is 13.1. The van der Waals surface area contributed by atoms with E-state index in [1.165, 1.54) is 28.3 Å². The zero-order valence-corrected chi connectivity index (χ0v) is 13.1. The summed E-state index contributed by atoms with van der Waals surface area (Å²) in [7, 11) is 4.40. The van der Waals surface area contributed by atoms with Gasteiger partial charge < -0.3 is 24.6 Å². The highest BCUT2D eigenvalue weighted by atomic mass is 16.5. The maximum Gasteiger partial charge on any atom is 0.331 e. The maximum absolute atomic E-state index is 12.1. The van der Waals surface area contributed by atoms with Crippen LogP contribution in [0, 0.1) is 0 Å². The van der Waals surface area contributed by atoms with Crippen molar-refractivity contribution in [2.45, 2.75) is 18.9 Å². The summed E-state index contributed by atoms with van der Waals surface area (Å²) in [4.78, 5) is 23.3. The largest absolute Gasteiger partial charge is 0.493 e. The summed E-state index contributed by atoms with van der Waals surface area (Å²) < 4.78 is 15.1. The van der Waals surface area contributed by atoms with Crippen LogP contribution in [0.1, 0.15) is 12.5 Å². The number of amides is 1. The van der Waals surface area contributed by atoms with E-state index in [0.717, 1.165) is 0 Å². The van der Waals surface area contributed by atoms with Gasteiger partial charge in [0.1, 0.15) is 0 Å². The van der Waals surface area contributed by atoms with Crippen LogP contribution in [-0.4, -0.2) is 50.5 Å². The highest BCUT2D eigenvalue weighted by Crippen LogP contribution is 2.27. The average Bonchev–Trinajstić information content (AvgIpc) is 2.46. The molecule has 1 aromatic rings. The second kappa shape index (κ2) is 7.65. The first kappa shape index (κ1) is 17.8. The van der Waals surface area contributed by atoms with Crippen LogP contribution in [0.5, 0.6) is 11.5 Å². The molecule has 0 aromatic heterocycles. The number of benzene rings is 1. The summed E-state index contributed by atoms with van der Waals surface area (Å²) >= 11 is 0. The molecule has 2 N–H and O–H groups in total. The Balaban J connectivity index is 2.82. The van der Waals surface area contributed by atoms with Crippen molar-refractivity contribution in [1.82, 2.24) is 5.32 Å². The Labute approximate surface area is 129 Å². The molecule has 1 rings (SSSR count). The van der Waals surface area contributed by atoms with Crippen LogP contribution in [0.25, 0.3) is 0 Å². The summed E-state index contributed by atoms with van der Waals surface area (Å²) in [6.07, 6.45) is 0.0208. The zero-order valence-electron chi connectivity index (χ0n) is 13.1. The van der Waals surface area contributed by atoms with Crippen LogP contribution in [0.2, 0.25) is 0 Å². The molecule has 0 aliphatic carbocycles. The smallest absolute Gasteiger partial charge is 0.331 e. The quantitative estimate of drug-likeness (QED) is 0.739. The first-order valence-corrected chi connectivity index (χ1v) is 6.60. The lowest BCUT2D eigenvalue weighted by molar-refractivity contribution is -0.149. The van der Waals surface area contributed by atoms with E-state index in [2.05, 4.69) is 5.32 Å². The van der Waals surface area contributed by atoms with Crippen molar-refractivity contribution in [3.63, 3.8) is 0 Å². The van der Waals surface area contributed by atoms with Gasteiger partial charge in [-0.2, -0.15) is 0 Å². The van der Waals surface area contributed by atoms with E-state index < -0.39 is 17.4 Å². The Hall–Kier alpha value is -2.28. The Morgan fingerprint density at radius 1 is 1.18 bits per heavy atom. The predicted octanol–water partition coefficient (Wildman–Crippen LogP) is 0.852. The molecule has 0 radical (unpaired) electrons. The van der Waals surface area contributed by atoms with Crippen molar-refractivity contribution in [3.05, 3.63) is 23.8 Å². The Kier molecular flexibility index (Phi) is 6.18. The third-order valence-electron chi connectivity index (χ3n) is 3.13. The second-order valence-electron chi connectivity index (χ2n) is 4.98. The van der Waals surface area contributed by atoms with Crippen LogP contribution in [-0.2, 0) is 20.7 Å². The van der Waals surface area contributed by atoms with Crippen LogP contribution >= 0.6 is 0 Å². The molecule has 0 heterocycles. The topological polar surface area (TPSA) is 94.1 Å². The molecule has 1 atom stereocenters. The molecule has 1 amide bonds. The molecule has 7 nitrogen and oxygen atoms in total. The highest BCUT2D eigenvalue weighted by molar-refractivity contribution is 5.87. The van der Waals surface area contributed by atoms with E-state index in [1.807, 2.05) is 0 Å². The lowest BCUT2D eigenvalue weighted by Crippen LogP contribution is -2.55. The molecule has 22 heavy (non-hydrogen) atoms. The van der Waals surface area contributed by atoms with Gasteiger partial charge in [0.15, 0.2) is 17.0 Å². The van der Waals surface area contributed by atoms with Gasteiger partial charge in [-0.25, -0.2) is 4.79 Å². The number of hydrogen-bond acceptors (Lipinski definition) is 5. The Morgan fingerprint density at radius 2 is 1.82 bits per heavy atom. The van der Waals surface area contributed by atoms with Gasteiger partial charge in [0.25, 0.3) is 0 Å². The molecular weight excluding hydrogens is 290 g/mol. The number of carboxylic acids is 1. The molecule has 0 bridgehead atoms. The fourth-order valence-electron chi connectivity index (χ4n) is 1.97. The number of nitrogens with one attached hydrogen (secondary N) is 1. The third kappa shape index (κ3) is 4.36.